The Morgan fingerprint density at radius 3 is 2.76 bits per heavy atom. The van der Waals surface area contributed by atoms with Gasteiger partial charge in [0.1, 0.15) is 18.4 Å². The highest BCUT2D eigenvalue weighted by atomic mass is 35.5. The minimum atomic E-state index is -0.659. The number of furan rings is 1. The van der Waals surface area contributed by atoms with Crippen LogP contribution in [0.3, 0.4) is 0 Å². The number of halogens is 1. The molecule has 0 aliphatic rings. The molecule has 0 unspecified atom stereocenters. The second-order valence-electron chi connectivity index (χ2n) is 5.45. The second kappa shape index (κ2) is 9.86. The molecule has 0 saturated heterocycles. The molecule has 25 heavy (non-hydrogen) atoms. The molecule has 1 heterocycles. The van der Waals surface area contributed by atoms with Crippen LogP contribution in [0.5, 0.6) is 0 Å². The SMILES string of the molecule is C[C@@H](NC(=O)c1ccccc1Cl)C(=O)NCCCOCc1ccco1. The fraction of sp³-hybridized carbons (Fsp3) is 0.333. The first kappa shape index (κ1) is 19.0. The standard InChI is InChI=1S/C18H21ClN2O4/c1-13(21-18(23)15-7-2-3-8-16(15)19)17(22)20-9-5-10-24-12-14-6-4-11-25-14/h2-4,6-8,11,13H,5,9-10,12H2,1H3,(H,20,22)(H,21,23)/t13-/m1/s1. The van der Waals surface area contributed by atoms with Crippen molar-refractivity contribution in [3.05, 3.63) is 59.0 Å². The number of amides is 2. The zero-order valence-corrected chi connectivity index (χ0v) is 14.7. The van der Waals surface area contributed by atoms with Crippen LogP contribution >= 0.6 is 11.6 Å². The number of hydrogen-bond acceptors (Lipinski definition) is 4. The molecular formula is C18H21ClN2O4. The zero-order chi connectivity index (χ0) is 18.1. The summed E-state index contributed by atoms with van der Waals surface area (Å²) in [5.74, 6) is 0.126. The van der Waals surface area contributed by atoms with E-state index < -0.39 is 6.04 Å². The first-order chi connectivity index (χ1) is 12.1. The van der Waals surface area contributed by atoms with Crippen molar-refractivity contribution in [2.45, 2.75) is 26.0 Å². The summed E-state index contributed by atoms with van der Waals surface area (Å²) in [5.41, 5.74) is 0.343. The lowest BCUT2D eigenvalue weighted by Gasteiger charge is -2.14. The van der Waals surface area contributed by atoms with E-state index in [1.165, 1.54) is 0 Å². The van der Waals surface area contributed by atoms with Gasteiger partial charge < -0.3 is 19.8 Å². The third-order valence-corrected chi connectivity index (χ3v) is 3.78. The third kappa shape index (κ3) is 6.25. The number of hydrogen-bond donors (Lipinski definition) is 2. The molecule has 134 valence electrons. The van der Waals surface area contributed by atoms with Crippen molar-refractivity contribution in [2.75, 3.05) is 13.2 Å². The molecule has 0 saturated carbocycles. The Morgan fingerprint density at radius 2 is 2.04 bits per heavy atom. The number of ether oxygens (including phenoxy) is 1. The van der Waals surface area contributed by atoms with E-state index in [1.54, 1.807) is 43.5 Å². The lowest BCUT2D eigenvalue weighted by Crippen LogP contribution is -2.45. The van der Waals surface area contributed by atoms with Gasteiger partial charge in [0.15, 0.2) is 0 Å². The molecule has 1 aromatic heterocycles. The van der Waals surface area contributed by atoms with Crippen LogP contribution in [0.15, 0.2) is 47.1 Å². The molecule has 7 heteroatoms. The van der Waals surface area contributed by atoms with Crippen LogP contribution in [0.2, 0.25) is 5.02 Å². The van der Waals surface area contributed by atoms with Crippen molar-refractivity contribution in [3.63, 3.8) is 0 Å². The highest BCUT2D eigenvalue weighted by molar-refractivity contribution is 6.33. The Balaban J connectivity index is 1.63. The van der Waals surface area contributed by atoms with Gasteiger partial charge in [-0.15, -0.1) is 0 Å². The fourth-order valence-corrected chi connectivity index (χ4v) is 2.31. The van der Waals surface area contributed by atoms with Gasteiger partial charge in [-0.1, -0.05) is 23.7 Å². The van der Waals surface area contributed by atoms with E-state index >= 15 is 0 Å². The van der Waals surface area contributed by atoms with Crippen molar-refractivity contribution in [2.24, 2.45) is 0 Å². The van der Waals surface area contributed by atoms with E-state index in [-0.39, 0.29) is 11.8 Å². The van der Waals surface area contributed by atoms with Gasteiger partial charge in [0.05, 0.1) is 16.8 Å². The Bertz CT molecular complexity index is 688. The molecule has 2 aromatic rings. The molecule has 0 aliphatic carbocycles. The van der Waals surface area contributed by atoms with E-state index in [4.69, 9.17) is 20.8 Å². The molecule has 0 radical (unpaired) electrons. The predicted molar refractivity (Wildman–Crippen MR) is 94.4 cm³/mol. The zero-order valence-electron chi connectivity index (χ0n) is 14.0. The lowest BCUT2D eigenvalue weighted by molar-refractivity contribution is -0.122. The summed E-state index contributed by atoms with van der Waals surface area (Å²) in [5, 5.41) is 5.73. The average molecular weight is 365 g/mol. The third-order valence-electron chi connectivity index (χ3n) is 3.45. The largest absolute Gasteiger partial charge is 0.467 e. The Morgan fingerprint density at radius 1 is 1.24 bits per heavy atom. The summed E-state index contributed by atoms with van der Waals surface area (Å²) in [7, 11) is 0. The minimum Gasteiger partial charge on any atom is -0.467 e. The molecule has 2 N–H and O–H groups in total. The van der Waals surface area contributed by atoms with Gasteiger partial charge in [0, 0.05) is 13.2 Å². The summed E-state index contributed by atoms with van der Waals surface area (Å²) in [6.45, 7) is 2.99. The Kier molecular flexibility index (Phi) is 7.50. The maximum Gasteiger partial charge on any atom is 0.253 e. The molecule has 2 amide bonds. The maximum absolute atomic E-state index is 12.1. The fourth-order valence-electron chi connectivity index (χ4n) is 2.09. The maximum atomic E-state index is 12.1. The summed E-state index contributed by atoms with van der Waals surface area (Å²) in [6, 6.07) is 9.68. The van der Waals surface area contributed by atoms with Crippen molar-refractivity contribution < 1.29 is 18.7 Å². The van der Waals surface area contributed by atoms with Crippen molar-refractivity contribution in [1.82, 2.24) is 10.6 Å². The molecule has 0 aliphatic heterocycles. The summed E-state index contributed by atoms with van der Waals surface area (Å²) >= 11 is 5.97. The predicted octanol–water partition coefficient (Wildman–Crippen LogP) is 2.77. The van der Waals surface area contributed by atoms with Crippen LogP contribution < -0.4 is 10.6 Å². The number of benzene rings is 1. The van der Waals surface area contributed by atoms with Gasteiger partial charge in [0.2, 0.25) is 5.91 Å². The highest BCUT2D eigenvalue weighted by Gasteiger charge is 2.17. The normalized spacial score (nSPS) is 11.8. The van der Waals surface area contributed by atoms with Gasteiger partial charge in [-0.3, -0.25) is 9.59 Å². The van der Waals surface area contributed by atoms with E-state index in [0.29, 0.717) is 36.8 Å². The molecular weight excluding hydrogens is 344 g/mol. The number of rotatable bonds is 9. The van der Waals surface area contributed by atoms with E-state index in [1.807, 2.05) is 6.07 Å². The highest BCUT2D eigenvalue weighted by Crippen LogP contribution is 2.14. The number of nitrogens with one attached hydrogen (secondary N) is 2. The summed E-state index contributed by atoms with van der Waals surface area (Å²) in [6.07, 6.45) is 2.26. The molecule has 1 atom stereocenters. The summed E-state index contributed by atoms with van der Waals surface area (Å²) < 4.78 is 10.6. The van der Waals surface area contributed by atoms with Crippen LogP contribution in [0, 0.1) is 0 Å². The summed E-state index contributed by atoms with van der Waals surface area (Å²) in [4.78, 5) is 24.1. The Hall–Kier alpha value is -2.31. The average Bonchev–Trinajstić information content (AvgIpc) is 3.11. The lowest BCUT2D eigenvalue weighted by atomic mass is 10.2. The van der Waals surface area contributed by atoms with Gasteiger partial charge in [-0.2, -0.15) is 0 Å². The van der Waals surface area contributed by atoms with Crippen LogP contribution in [-0.2, 0) is 16.1 Å². The van der Waals surface area contributed by atoms with Crippen molar-refractivity contribution in [3.8, 4) is 0 Å². The van der Waals surface area contributed by atoms with Crippen LogP contribution in [0.25, 0.3) is 0 Å². The molecule has 6 nitrogen and oxygen atoms in total. The van der Waals surface area contributed by atoms with Gasteiger partial charge in [0.25, 0.3) is 5.91 Å². The molecule has 1 aromatic carbocycles. The van der Waals surface area contributed by atoms with Crippen LogP contribution in [0.1, 0.15) is 29.5 Å². The monoisotopic (exact) mass is 364 g/mol. The topological polar surface area (TPSA) is 80.6 Å². The van der Waals surface area contributed by atoms with Crippen molar-refractivity contribution in [1.29, 1.82) is 0 Å². The van der Waals surface area contributed by atoms with Crippen molar-refractivity contribution >= 4 is 23.4 Å². The van der Waals surface area contributed by atoms with E-state index in [2.05, 4.69) is 10.6 Å². The first-order valence-corrected chi connectivity index (χ1v) is 8.39. The van der Waals surface area contributed by atoms with Gasteiger partial charge in [-0.25, -0.2) is 0 Å². The van der Waals surface area contributed by atoms with Crippen LogP contribution in [0.4, 0.5) is 0 Å². The van der Waals surface area contributed by atoms with Gasteiger partial charge >= 0.3 is 0 Å². The number of carbonyl (C=O) groups excluding carboxylic acids is 2. The van der Waals surface area contributed by atoms with E-state index in [0.717, 1.165) is 5.76 Å². The molecule has 0 bridgehead atoms. The molecule has 0 fully saturated rings. The quantitative estimate of drug-likeness (QED) is 0.670. The van der Waals surface area contributed by atoms with E-state index in [9.17, 15) is 9.59 Å². The Labute approximate surface area is 151 Å². The number of carbonyl (C=O) groups is 2. The van der Waals surface area contributed by atoms with Crippen LogP contribution in [-0.4, -0.2) is 31.0 Å². The molecule has 0 spiro atoms. The first-order valence-electron chi connectivity index (χ1n) is 8.01. The smallest absolute Gasteiger partial charge is 0.253 e. The van der Waals surface area contributed by atoms with Gasteiger partial charge in [-0.05, 0) is 37.6 Å². The minimum absolute atomic E-state index is 0.258. The second-order valence-corrected chi connectivity index (χ2v) is 5.86. The molecule has 2 rings (SSSR count).